The molecule has 1 saturated carbocycles. The first-order valence-electron chi connectivity index (χ1n) is 6.37. The van der Waals surface area contributed by atoms with E-state index in [1.807, 2.05) is 0 Å². The zero-order chi connectivity index (χ0) is 12.7. The van der Waals surface area contributed by atoms with Gasteiger partial charge < -0.3 is 10.4 Å². The molecule has 0 aliphatic heterocycles. The van der Waals surface area contributed by atoms with Gasteiger partial charge in [-0.3, -0.25) is 4.79 Å². The minimum Gasteiger partial charge on any atom is -0.393 e. The Morgan fingerprint density at radius 2 is 1.76 bits per heavy atom. The van der Waals surface area contributed by atoms with Crippen molar-refractivity contribution in [2.75, 3.05) is 0 Å². The number of aliphatic hydroxyl groups excluding tert-OH is 1. The van der Waals surface area contributed by atoms with Crippen LogP contribution in [0.1, 0.15) is 38.5 Å². The van der Waals surface area contributed by atoms with Crippen LogP contribution in [0, 0.1) is 5.92 Å². The average molecular weight is 237 g/mol. The number of hydrogen-bond acceptors (Lipinski definition) is 2. The summed E-state index contributed by atoms with van der Waals surface area (Å²) in [6.45, 7) is 7.35. The number of rotatable bonds is 6. The number of nitrogens with one attached hydrogen (secondary N) is 1. The SMILES string of the molecule is C=CCC(CC=C)C(=O)NC1CCC(O)CC1. The minimum atomic E-state index is -0.180. The van der Waals surface area contributed by atoms with E-state index in [-0.39, 0.29) is 24.0 Å². The van der Waals surface area contributed by atoms with Crippen molar-refractivity contribution in [3.8, 4) is 0 Å². The Kier molecular flexibility index (Phi) is 5.98. The number of aliphatic hydroxyl groups is 1. The van der Waals surface area contributed by atoms with E-state index in [4.69, 9.17) is 0 Å². The van der Waals surface area contributed by atoms with Gasteiger partial charge in [-0.2, -0.15) is 0 Å². The Morgan fingerprint density at radius 1 is 1.24 bits per heavy atom. The molecule has 2 N–H and O–H groups in total. The molecule has 17 heavy (non-hydrogen) atoms. The van der Waals surface area contributed by atoms with Crippen LogP contribution in [0.4, 0.5) is 0 Å². The van der Waals surface area contributed by atoms with E-state index in [9.17, 15) is 9.90 Å². The normalized spacial score (nSPS) is 24.4. The largest absolute Gasteiger partial charge is 0.393 e. The number of carbonyl (C=O) groups excluding carboxylic acids is 1. The minimum absolute atomic E-state index is 0.0446. The Morgan fingerprint density at radius 3 is 2.24 bits per heavy atom. The van der Waals surface area contributed by atoms with Crippen LogP contribution in [0.15, 0.2) is 25.3 Å². The molecule has 3 heteroatoms. The highest BCUT2D eigenvalue weighted by atomic mass is 16.3. The lowest BCUT2D eigenvalue weighted by molar-refractivity contribution is -0.125. The third-order valence-electron chi connectivity index (χ3n) is 3.32. The number of allylic oxidation sites excluding steroid dienone is 2. The summed E-state index contributed by atoms with van der Waals surface area (Å²) in [7, 11) is 0. The molecule has 3 nitrogen and oxygen atoms in total. The first kappa shape index (κ1) is 14.0. The quantitative estimate of drug-likeness (QED) is 0.696. The molecule has 0 radical (unpaired) electrons. The van der Waals surface area contributed by atoms with Crippen molar-refractivity contribution in [3.63, 3.8) is 0 Å². The van der Waals surface area contributed by atoms with Crippen LogP contribution in [-0.2, 0) is 4.79 Å². The van der Waals surface area contributed by atoms with E-state index in [1.165, 1.54) is 0 Å². The zero-order valence-electron chi connectivity index (χ0n) is 10.4. The molecule has 96 valence electrons. The average Bonchev–Trinajstić information content (AvgIpc) is 2.32. The highest BCUT2D eigenvalue weighted by Crippen LogP contribution is 2.19. The summed E-state index contributed by atoms with van der Waals surface area (Å²) in [5.74, 6) is 0.0445. The second-order valence-corrected chi connectivity index (χ2v) is 4.76. The maximum atomic E-state index is 12.0. The van der Waals surface area contributed by atoms with Crippen molar-refractivity contribution in [3.05, 3.63) is 25.3 Å². The smallest absolute Gasteiger partial charge is 0.223 e. The molecule has 0 bridgehead atoms. The fraction of sp³-hybridized carbons (Fsp3) is 0.643. The van der Waals surface area contributed by atoms with Crippen LogP contribution < -0.4 is 5.32 Å². The molecule has 0 spiro atoms. The Balaban J connectivity index is 2.40. The van der Waals surface area contributed by atoms with Crippen molar-refractivity contribution in [2.24, 2.45) is 5.92 Å². The molecular formula is C14H23NO2. The predicted molar refractivity (Wildman–Crippen MR) is 69.5 cm³/mol. The standard InChI is InChI=1S/C14H23NO2/c1-3-5-11(6-4-2)14(17)15-12-7-9-13(16)10-8-12/h3-4,11-13,16H,1-2,5-10H2,(H,15,17). The molecule has 0 atom stereocenters. The molecule has 1 fully saturated rings. The molecule has 0 heterocycles. The van der Waals surface area contributed by atoms with Gasteiger partial charge in [-0.05, 0) is 38.5 Å². The van der Waals surface area contributed by atoms with E-state index in [0.717, 1.165) is 25.7 Å². The molecule has 1 rings (SSSR count). The highest BCUT2D eigenvalue weighted by Gasteiger charge is 2.23. The second-order valence-electron chi connectivity index (χ2n) is 4.76. The second kappa shape index (κ2) is 7.28. The van der Waals surface area contributed by atoms with Crippen LogP contribution in [-0.4, -0.2) is 23.2 Å². The zero-order valence-corrected chi connectivity index (χ0v) is 10.4. The van der Waals surface area contributed by atoms with Crippen LogP contribution in [0.25, 0.3) is 0 Å². The lowest BCUT2D eigenvalue weighted by Crippen LogP contribution is -2.41. The van der Waals surface area contributed by atoms with Gasteiger partial charge in [0.2, 0.25) is 5.91 Å². The highest BCUT2D eigenvalue weighted by molar-refractivity contribution is 5.79. The summed E-state index contributed by atoms with van der Waals surface area (Å²) in [6, 6.07) is 0.225. The molecule has 0 aromatic carbocycles. The Bertz CT molecular complexity index is 257. The van der Waals surface area contributed by atoms with Gasteiger partial charge >= 0.3 is 0 Å². The number of hydrogen-bond donors (Lipinski definition) is 2. The summed E-state index contributed by atoms with van der Waals surface area (Å²) < 4.78 is 0. The van der Waals surface area contributed by atoms with Gasteiger partial charge in [-0.25, -0.2) is 0 Å². The molecule has 0 saturated heterocycles. The third-order valence-corrected chi connectivity index (χ3v) is 3.32. The van der Waals surface area contributed by atoms with Crippen molar-refractivity contribution < 1.29 is 9.90 Å². The number of carbonyl (C=O) groups is 1. The van der Waals surface area contributed by atoms with Crippen LogP contribution in [0.5, 0.6) is 0 Å². The Labute approximate surface area is 104 Å². The molecule has 1 aliphatic carbocycles. The fourth-order valence-corrected chi connectivity index (χ4v) is 2.25. The first-order chi connectivity index (χ1) is 8.17. The molecule has 0 unspecified atom stereocenters. The summed E-state index contributed by atoms with van der Waals surface area (Å²) >= 11 is 0. The van der Waals surface area contributed by atoms with Gasteiger partial charge in [0.25, 0.3) is 0 Å². The molecule has 1 aliphatic rings. The van der Waals surface area contributed by atoms with Gasteiger partial charge in [0.05, 0.1) is 6.10 Å². The topological polar surface area (TPSA) is 49.3 Å². The van der Waals surface area contributed by atoms with Crippen LogP contribution in [0.2, 0.25) is 0 Å². The lowest BCUT2D eigenvalue weighted by Gasteiger charge is -2.27. The van der Waals surface area contributed by atoms with Crippen molar-refractivity contribution >= 4 is 5.91 Å². The van der Waals surface area contributed by atoms with Crippen molar-refractivity contribution in [2.45, 2.75) is 50.7 Å². The summed E-state index contributed by atoms with van der Waals surface area (Å²) in [5, 5.41) is 12.5. The van der Waals surface area contributed by atoms with Crippen LogP contribution >= 0.6 is 0 Å². The van der Waals surface area contributed by atoms with E-state index >= 15 is 0 Å². The van der Waals surface area contributed by atoms with Crippen LogP contribution in [0.3, 0.4) is 0 Å². The summed E-state index contributed by atoms with van der Waals surface area (Å²) in [6.07, 6.45) is 8.08. The van der Waals surface area contributed by atoms with Gasteiger partial charge in [0, 0.05) is 12.0 Å². The first-order valence-corrected chi connectivity index (χ1v) is 6.37. The molecule has 0 aromatic rings. The molecule has 1 amide bonds. The Hall–Kier alpha value is -1.09. The maximum absolute atomic E-state index is 12.0. The molecular weight excluding hydrogens is 214 g/mol. The lowest BCUT2D eigenvalue weighted by atomic mass is 9.92. The fourth-order valence-electron chi connectivity index (χ4n) is 2.25. The predicted octanol–water partition coefficient (Wildman–Crippen LogP) is 2.17. The van der Waals surface area contributed by atoms with E-state index < -0.39 is 0 Å². The van der Waals surface area contributed by atoms with E-state index in [2.05, 4.69) is 18.5 Å². The monoisotopic (exact) mass is 237 g/mol. The maximum Gasteiger partial charge on any atom is 0.223 e. The number of amides is 1. The van der Waals surface area contributed by atoms with Gasteiger partial charge in [-0.15, -0.1) is 13.2 Å². The molecule has 0 aromatic heterocycles. The van der Waals surface area contributed by atoms with E-state index in [0.29, 0.717) is 12.8 Å². The van der Waals surface area contributed by atoms with Crippen molar-refractivity contribution in [1.82, 2.24) is 5.32 Å². The summed E-state index contributed by atoms with van der Waals surface area (Å²) in [5.41, 5.74) is 0. The summed E-state index contributed by atoms with van der Waals surface area (Å²) in [4.78, 5) is 12.0. The van der Waals surface area contributed by atoms with Gasteiger partial charge in [0.15, 0.2) is 0 Å². The third kappa shape index (κ3) is 4.73. The van der Waals surface area contributed by atoms with Gasteiger partial charge in [0.1, 0.15) is 0 Å². The van der Waals surface area contributed by atoms with E-state index in [1.54, 1.807) is 12.2 Å². The van der Waals surface area contributed by atoms with Gasteiger partial charge in [-0.1, -0.05) is 12.2 Å². The van der Waals surface area contributed by atoms with Crippen molar-refractivity contribution in [1.29, 1.82) is 0 Å².